The van der Waals surface area contributed by atoms with Gasteiger partial charge in [0.05, 0.1) is 12.1 Å². The van der Waals surface area contributed by atoms with Crippen LogP contribution < -0.4 is 11.0 Å². The largest absolute Gasteiger partial charge is 0.316 e. The van der Waals surface area contributed by atoms with Gasteiger partial charge >= 0.3 is 0 Å². The van der Waals surface area contributed by atoms with E-state index in [2.05, 4.69) is 11.0 Å². The van der Waals surface area contributed by atoms with Crippen LogP contribution in [0, 0.1) is 0 Å². The van der Waals surface area contributed by atoms with Crippen LogP contribution in [-0.2, 0) is 0 Å². The van der Waals surface area contributed by atoms with Crippen LogP contribution >= 0.6 is 0 Å². The highest BCUT2D eigenvalue weighted by atomic mass is 16.5. The van der Waals surface area contributed by atoms with E-state index in [0.717, 1.165) is 21.9 Å². The van der Waals surface area contributed by atoms with E-state index < -0.39 is 0 Å². The lowest BCUT2D eigenvalue weighted by Gasteiger charge is -2.18. The summed E-state index contributed by atoms with van der Waals surface area (Å²) in [7, 11) is 0. The maximum atomic E-state index is 9.19. The summed E-state index contributed by atoms with van der Waals surface area (Å²) in [5, 5.41) is 20.6. The summed E-state index contributed by atoms with van der Waals surface area (Å²) in [6.45, 7) is 0. The standard InChI is InChI=1S/C12H12N2O2/c15-13-11-8-5-1-3-7-4-2-6-9(10(7)8)12(11)14-16/h1-6,11-16H. The predicted molar refractivity (Wildman–Crippen MR) is 59.3 cm³/mol. The average Bonchev–Trinajstić information content (AvgIpc) is 2.65. The molecule has 0 bridgehead atoms. The molecule has 0 saturated heterocycles. The summed E-state index contributed by atoms with van der Waals surface area (Å²) >= 11 is 0. The van der Waals surface area contributed by atoms with Gasteiger partial charge in [-0.25, -0.2) is 0 Å². The second-order valence-electron chi connectivity index (χ2n) is 4.01. The number of hydrogen-bond acceptors (Lipinski definition) is 4. The fraction of sp³-hybridized carbons (Fsp3) is 0.167. The predicted octanol–water partition coefficient (Wildman–Crippen LogP) is 1.89. The monoisotopic (exact) mass is 216 g/mol. The number of rotatable bonds is 2. The first-order valence-corrected chi connectivity index (χ1v) is 5.17. The van der Waals surface area contributed by atoms with Gasteiger partial charge in [-0.15, -0.1) is 0 Å². The number of hydrogen-bond donors (Lipinski definition) is 4. The van der Waals surface area contributed by atoms with Crippen molar-refractivity contribution in [2.75, 3.05) is 0 Å². The third-order valence-corrected chi connectivity index (χ3v) is 3.25. The van der Waals surface area contributed by atoms with Gasteiger partial charge < -0.3 is 10.4 Å². The summed E-state index contributed by atoms with van der Waals surface area (Å²) in [6, 6.07) is 11.2. The third kappa shape index (κ3) is 1.12. The van der Waals surface area contributed by atoms with Crippen LogP contribution in [0.4, 0.5) is 0 Å². The van der Waals surface area contributed by atoms with Crippen molar-refractivity contribution < 1.29 is 10.4 Å². The molecule has 4 nitrogen and oxygen atoms in total. The van der Waals surface area contributed by atoms with Crippen molar-refractivity contribution in [3.8, 4) is 0 Å². The summed E-state index contributed by atoms with van der Waals surface area (Å²) in [4.78, 5) is 0. The second-order valence-corrected chi connectivity index (χ2v) is 4.01. The molecule has 3 rings (SSSR count). The van der Waals surface area contributed by atoms with Crippen LogP contribution in [0.5, 0.6) is 0 Å². The van der Waals surface area contributed by atoms with Crippen molar-refractivity contribution >= 4 is 10.8 Å². The molecular formula is C12H12N2O2. The molecule has 0 heterocycles. The molecule has 0 aliphatic heterocycles. The Kier molecular flexibility index (Phi) is 2.15. The van der Waals surface area contributed by atoms with Gasteiger partial charge in [-0.2, -0.15) is 11.0 Å². The quantitative estimate of drug-likeness (QED) is 0.579. The molecule has 2 aromatic carbocycles. The molecule has 2 aromatic rings. The van der Waals surface area contributed by atoms with E-state index in [9.17, 15) is 10.4 Å². The number of hydroxylamine groups is 2. The van der Waals surface area contributed by atoms with Gasteiger partial charge in [-0.1, -0.05) is 36.4 Å². The number of nitrogens with one attached hydrogen (secondary N) is 2. The number of benzene rings is 2. The molecule has 2 atom stereocenters. The molecule has 0 spiro atoms. The Bertz CT molecular complexity index is 497. The molecule has 82 valence electrons. The summed E-state index contributed by atoms with van der Waals surface area (Å²) in [5.41, 5.74) is 6.50. The fourth-order valence-corrected chi connectivity index (χ4v) is 2.57. The maximum absolute atomic E-state index is 9.19. The van der Waals surface area contributed by atoms with E-state index in [1.807, 2.05) is 36.4 Å². The SMILES string of the molecule is ONC1c2cccc3cccc(c23)C1NO. The Labute approximate surface area is 92.4 Å². The van der Waals surface area contributed by atoms with Gasteiger partial charge in [0, 0.05) is 0 Å². The lowest BCUT2D eigenvalue weighted by molar-refractivity contribution is 0.0545. The van der Waals surface area contributed by atoms with Crippen molar-refractivity contribution in [2.24, 2.45) is 0 Å². The summed E-state index contributed by atoms with van der Waals surface area (Å²) < 4.78 is 0. The molecule has 4 N–H and O–H groups in total. The van der Waals surface area contributed by atoms with E-state index in [-0.39, 0.29) is 12.1 Å². The van der Waals surface area contributed by atoms with Gasteiger partial charge in [-0.3, -0.25) is 0 Å². The van der Waals surface area contributed by atoms with Crippen molar-refractivity contribution in [3.63, 3.8) is 0 Å². The van der Waals surface area contributed by atoms with E-state index in [4.69, 9.17) is 0 Å². The van der Waals surface area contributed by atoms with E-state index in [0.29, 0.717) is 0 Å². The normalized spacial score (nSPS) is 22.9. The van der Waals surface area contributed by atoms with Crippen LogP contribution in [0.2, 0.25) is 0 Å². The first-order chi connectivity index (χ1) is 7.86. The average molecular weight is 216 g/mol. The van der Waals surface area contributed by atoms with E-state index >= 15 is 0 Å². The first kappa shape index (κ1) is 9.74. The molecule has 1 aliphatic carbocycles. The molecule has 0 amide bonds. The van der Waals surface area contributed by atoms with Gasteiger partial charge in [0.25, 0.3) is 0 Å². The van der Waals surface area contributed by atoms with Crippen molar-refractivity contribution in [1.29, 1.82) is 0 Å². The molecule has 4 heteroatoms. The molecule has 1 aliphatic rings. The third-order valence-electron chi connectivity index (χ3n) is 3.25. The van der Waals surface area contributed by atoms with Gasteiger partial charge in [0.1, 0.15) is 0 Å². The second kappa shape index (κ2) is 3.54. The van der Waals surface area contributed by atoms with Gasteiger partial charge in [0.15, 0.2) is 0 Å². The Hall–Kier alpha value is -1.46. The topological polar surface area (TPSA) is 64.5 Å². The Morgan fingerprint density at radius 1 is 0.812 bits per heavy atom. The minimum absolute atomic E-state index is 0.314. The Morgan fingerprint density at radius 3 is 1.75 bits per heavy atom. The van der Waals surface area contributed by atoms with Crippen molar-refractivity contribution in [3.05, 3.63) is 47.5 Å². The molecule has 0 fully saturated rings. The van der Waals surface area contributed by atoms with Crippen molar-refractivity contribution in [1.82, 2.24) is 11.0 Å². The lowest BCUT2D eigenvalue weighted by Crippen LogP contribution is -2.28. The zero-order valence-electron chi connectivity index (χ0n) is 8.51. The lowest BCUT2D eigenvalue weighted by atomic mass is 10.0. The van der Waals surface area contributed by atoms with Crippen molar-refractivity contribution in [2.45, 2.75) is 12.1 Å². The highest BCUT2D eigenvalue weighted by Gasteiger charge is 2.33. The van der Waals surface area contributed by atoms with Crippen LogP contribution in [0.3, 0.4) is 0 Å². The molecule has 0 aromatic heterocycles. The van der Waals surface area contributed by atoms with Gasteiger partial charge in [0.2, 0.25) is 0 Å². The van der Waals surface area contributed by atoms with Crippen LogP contribution in [0.1, 0.15) is 23.2 Å². The molecule has 0 radical (unpaired) electrons. The highest BCUT2D eigenvalue weighted by Crippen LogP contribution is 2.43. The smallest absolute Gasteiger partial charge is 0.0792 e. The summed E-state index contributed by atoms with van der Waals surface area (Å²) in [5.74, 6) is 0. The Morgan fingerprint density at radius 2 is 1.31 bits per heavy atom. The fourth-order valence-electron chi connectivity index (χ4n) is 2.57. The maximum Gasteiger partial charge on any atom is 0.0792 e. The summed E-state index contributed by atoms with van der Waals surface area (Å²) in [6.07, 6.45) is 0. The molecule has 16 heavy (non-hydrogen) atoms. The first-order valence-electron chi connectivity index (χ1n) is 5.17. The van der Waals surface area contributed by atoms with Crippen LogP contribution in [-0.4, -0.2) is 10.4 Å². The Balaban J connectivity index is 2.34. The van der Waals surface area contributed by atoms with E-state index in [1.54, 1.807) is 0 Å². The molecule has 0 saturated carbocycles. The molecular weight excluding hydrogens is 204 g/mol. The zero-order chi connectivity index (χ0) is 11.1. The van der Waals surface area contributed by atoms with Gasteiger partial charge in [-0.05, 0) is 21.9 Å². The molecule has 2 unspecified atom stereocenters. The van der Waals surface area contributed by atoms with Crippen LogP contribution in [0.25, 0.3) is 10.8 Å². The van der Waals surface area contributed by atoms with E-state index in [1.165, 1.54) is 0 Å². The highest BCUT2D eigenvalue weighted by molar-refractivity contribution is 5.92. The van der Waals surface area contributed by atoms with Crippen LogP contribution in [0.15, 0.2) is 36.4 Å². The zero-order valence-corrected chi connectivity index (χ0v) is 8.51. The minimum Gasteiger partial charge on any atom is -0.316 e. The minimum atomic E-state index is -0.314.